The highest BCUT2D eigenvalue weighted by Crippen LogP contribution is 2.47. The number of carbonyl (C=O) groups is 2. The molecule has 3 aromatic heterocycles. The van der Waals surface area contributed by atoms with Gasteiger partial charge in [0.1, 0.15) is 18.0 Å². The van der Waals surface area contributed by atoms with Crippen LogP contribution in [0, 0.1) is 12.7 Å². The minimum Gasteiger partial charge on any atom is -0.344 e. The second-order valence-electron chi connectivity index (χ2n) is 15.9. The number of nitrogens with one attached hydrogen (secondary N) is 2. The highest BCUT2D eigenvalue weighted by Gasteiger charge is 2.51. The Hall–Kier alpha value is -4.45. The van der Waals surface area contributed by atoms with Gasteiger partial charge in [-0.25, -0.2) is 18.7 Å². The molecule has 1 saturated heterocycles. The number of anilines is 3. The molecule has 4 aromatic rings. The average molecular weight is 697 g/mol. The van der Waals surface area contributed by atoms with Crippen molar-refractivity contribution in [3.05, 3.63) is 59.4 Å². The van der Waals surface area contributed by atoms with Crippen molar-refractivity contribution in [1.82, 2.24) is 29.7 Å². The summed E-state index contributed by atoms with van der Waals surface area (Å²) in [5, 5.41) is 5.99. The molecule has 2 aliphatic carbocycles. The molecule has 51 heavy (non-hydrogen) atoms. The minimum absolute atomic E-state index is 0.0301. The maximum absolute atomic E-state index is 15.6. The van der Waals surface area contributed by atoms with Crippen molar-refractivity contribution in [1.29, 1.82) is 0 Å². The van der Waals surface area contributed by atoms with E-state index in [1.807, 2.05) is 49.3 Å². The van der Waals surface area contributed by atoms with E-state index in [4.69, 9.17) is 15.0 Å². The van der Waals surface area contributed by atoms with Crippen LogP contribution in [0.4, 0.5) is 26.0 Å². The fourth-order valence-electron chi connectivity index (χ4n) is 8.06. The first kappa shape index (κ1) is 33.7. The maximum atomic E-state index is 15.6. The number of hydrogen-bond acceptors (Lipinski definition) is 7. The van der Waals surface area contributed by atoms with Gasteiger partial charge in [0.25, 0.3) is 5.91 Å². The topological polar surface area (TPSA) is 108 Å². The molecule has 0 unspecified atom stereocenters. The highest BCUT2D eigenvalue weighted by molar-refractivity contribution is 6.08. The summed E-state index contributed by atoms with van der Waals surface area (Å²) >= 11 is 0. The van der Waals surface area contributed by atoms with Crippen molar-refractivity contribution in [3.8, 4) is 11.3 Å². The van der Waals surface area contributed by atoms with Gasteiger partial charge in [-0.2, -0.15) is 0 Å². The number of halogens is 2. The van der Waals surface area contributed by atoms with E-state index in [1.165, 1.54) is 31.4 Å². The predicted molar refractivity (Wildman–Crippen MR) is 194 cm³/mol. The Morgan fingerprint density at radius 2 is 1.78 bits per heavy atom. The summed E-state index contributed by atoms with van der Waals surface area (Å²) in [5.41, 5.74) is 3.38. The van der Waals surface area contributed by atoms with E-state index in [1.54, 1.807) is 19.4 Å². The van der Waals surface area contributed by atoms with Crippen molar-refractivity contribution in [2.75, 3.05) is 30.0 Å². The van der Waals surface area contributed by atoms with Crippen LogP contribution < -0.4 is 15.5 Å². The van der Waals surface area contributed by atoms with E-state index < -0.39 is 29.4 Å². The first-order valence-electron chi connectivity index (χ1n) is 18.3. The summed E-state index contributed by atoms with van der Waals surface area (Å²) in [4.78, 5) is 46.3. The van der Waals surface area contributed by atoms with Crippen LogP contribution >= 0.6 is 0 Å². The van der Waals surface area contributed by atoms with Crippen LogP contribution in [0.2, 0.25) is 0 Å². The van der Waals surface area contributed by atoms with Crippen LogP contribution in [0.1, 0.15) is 100 Å². The number of pyridine rings is 2. The third kappa shape index (κ3) is 5.75. The number of aromatic nitrogens is 4. The lowest BCUT2D eigenvalue weighted by Crippen LogP contribution is -2.57. The van der Waals surface area contributed by atoms with Crippen LogP contribution in [-0.4, -0.2) is 73.6 Å². The van der Waals surface area contributed by atoms with E-state index in [0.29, 0.717) is 52.6 Å². The molecule has 0 spiro atoms. The number of alkyl halides is 1. The van der Waals surface area contributed by atoms with Gasteiger partial charge in [-0.05, 0) is 116 Å². The molecule has 1 aromatic carbocycles. The first-order chi connectivity index (χ1) is 24.4. The molecule has 12 heteroatoms. The number of imidazole rings is 1. The van der Waals surface area contributed by atoms with E-state index in [9.17, 15) is 14.0 Å². The van der Waals surface area contributed by atoms with Crippen molar-refractivity contribution >= 4 is 40.0 Å². The van der Waals surface area contributed by atoms with Gasteiger partial charge in [0, 0.05) is 35.4 Å². The molecule has 3 fully saturated rings. The van der Waals surface area contributed by atoms with Gasteiger partial charge < -0.3 is 25.0 Å². The Labute approximate surface area is 297 Å². The third-order valence-electron chi connectivity index (χ3n) is 11.5. The summed E-state index contributed by atoms with van der Waals surface area (Å²) < 4.78 is 31.2. The van der Waals surface area contributed by atoms with E-state index in [0.717, 1.165) is 37.3 Å². The van der Waals surface area contributed by atoms with Gasteiger partial charge in [0.15, 0.2) is 5.82 Å². The molecular weight excluding hydrogens is 650 g/mol. The SMILES string of the molecule is Cc1cc(F)c(Nc2nc(-c3cnc4c(c3)N(C3CC(N5CCCCC5)C3)C(=O)C4(C)C)cc3ncn(C(C)C)c23)cc1C(=O)NC1(CF)CC1. The molecule has 2 amide bonds. The lowest BCUT2D eigenvalue weighted by atomic mass is 9.83. The van der Waals surface area contributed by atoms with Crippen LogP contribution in [0.15, 0.2) is 36.8 Å². The van der Waals surface area contributed by atoms with Gasteiger partial charge in [0.05, 0.1) is 45.6 Å². The molecule has 5 heterocycles. The monoisotopic (exact) mass is 696 g/mol. The largest absolute Gasteiger partial charge is 0.344 e. The Morgan fingerprint density at radius 3 is 2.47 bits per heavy atom. The Kier molecular flexibility index (Phi) is 8.16. The van der Waals surface area contributed by atoms with E-state index in [-0.39, 0.29) is 29.2 Å². The molecule has 8 rings (SSSR count). The average Bonchev–Trinajstić information content (AvgIpc) is 3.67. The van der Waals surface area contributed by atoms with Crippen LogP contribution in [-0.2, 0) is 10.2 Å². The number of benzene rings is 1. The maximum Gasteiger partial charge on any atom is 0.252 e. The second-order valence-corrected chi connectivity index (χ2v) is 15.9. The van der Waals surface area contributed by atoms with Gasteiger partial charge in [-0.15, -0.1) is 0 Å². The molecule has 0 bridgehead atoms. The third-order valence-corrected chi connectivity index (χ3v) is 11.5. The fourth-order valence-corrected chi connectivity index (χ4v) is 8.06. The Balaban J connectivity index is 1.15. The van der Waals surface area contributed by atoms with Gasteiger partial charge in [-0.1, -0.05) is 6.42 Å². The molecule has 2 aliphatic heterocycles. The standard InChI is InChI=1S/C39H46F2N8O2/c1-22(2)48-21-43-31-18-29(44-35(33(31)48)45-30-17-27(23(3)13-28(30)41)36(50)46-39(20-40)9-10-39)24-14-32-34(42-19-24)38(4,5)37(51)49(32)26-15-25(16-26)47-11-7-6-8-12-47/h13-14,17-19,21-22,25-26H,6-12,15-16,20H2,1-5H3,(H,44,45)(H,46,50). The summed E-state index contributed by atoms with van der Waals surface area (Å²) in [5.74, 6) is -0.558. The predicted octanol–water partition coefficient (Wildman–Crippen LogP) is 7.14. The fraction of sp³-hybridized carbons (Fsp3) is 0.513. The van der Waals surface area contributed by atoms with Crippen molar-refractivity contribution < 1.29 is 18.4 Å². The highest BCUT2D eigenvalue weighted by atomic mass is 19.1. The lowest BCUT2D eigenvalue weighted by Gasteiger charge is -2.47. The number of hydrogen-bond donors (Lipinski definition) is 2. The van der Waals surface area contributed by atoms with Crippen LogP contribution in [0.5, 0.6) is 0 Å². The zero-order valence-electron chi connectivity index (χ0n) is 30.0. The second kappa shape index (κ2) is 12.4. The van der Waals surface area contributed by atoms with Crippen LogP contribution in [0.3, 0.4) is 0 Å². The van der Waals surface area contributed by atoms with E-state index in [2.05, 4.69) is 15.5 Å². The number of piperidine rings is 1. The van der Waals surface area contributed by atoms with E-state index >= 15 is 4.39 Å². The molecule has 4 aliphatic rings. The number of carbonyl (C=O) groups excluding carboxylic acids is 2. The quantitative estimate of drug-likeness (QED) is 0.192. The van der Waals surface area contributed by atoms with Crippen molar-refractivity contribution in [2.45, 2.75) is 109 Å². The molecule has 2 N–H and O–H groups in total. The summed E-state index contributed by atoms with van der Waals surface area (Å²) in [6.45, 7) is 11.2. The zero-order valence-corrected chi connectivity index (χ0v) is 30.0. The van der Waals surface area contributed by atoms with Gasteiger partial charge >= 0.3 is 0 Å². The summed E-state index contributed by atoms with van der Waals surface area (Å²) in [6.07, 6.45) is 10.3. The minimum atomic E-state index is -0.829. The number of amides is 2. The Bertz CT molecular complexity index is 2040. The zero-order chi connectivity index (χ0) is 35.8. The summed E-state index contributed by atoms with van der Waals surface area (Å²) in [7, 11) is 0. The molecule has 0 radical (unpaired) electrons. The number of nitrogens with zero attached hydrogens (tertiary/aromatic N) is 6. The smallest absolute Gasteiger partial charge is 0.252 e. The molecule has 2 saturated carbocycles. The number of aryl methyl sites for hydroxylation is 1. The van der Waals surface area contributed by atoms with Crippen molar-refractivity contribution in [3.63, 3.8) is 0 Å². The normalized spacial score (nSPS) is 22.3. The Morgan fingerprint density at radius 1 is 1.04 bits per heavy atom. The number of likely N-dealkylation sites (tertiary alicyclic amines) is 1. The number of rotatable bonds is 9. The first-order valence-corrected chi connectivity index (χ1v) is 18.3. The molecule has 10 nitrogen and oxygen atoms in total. The summed E-state index contributed by atoms with van der Waals surface area (Å²) in [6, 6.07) is 7.32. The van der Waals surface area contributed by atoms with Gasteiger partial charge in [0.2, 0.25) is 5.91 Å². The molecular formula is C39H46F2N8O2. The lowest BCUT2D eigenvalue weighted by molar-refractivity contribution is -0.123. The van der Waals surface area contributed by atoms with Crippen molar-refractivity contribution in [2.24, 2.45) is 0 Å². The number of fused-ring (bicyclic) bond motifs is 2. The van der Waals surface area contributed by atoms with Crippen LogP contribution in [0.25, 0.3) is 22.3 Å². The van der Waals surface area contributed by atoms with Gasteiger partial charge in [-0.3, -0.25) is 14.6 Å². The molecule has 0 atom stereocenters. The molecule has 268 valence electrons.